The average Bonchev–Trinajstić information content (AvgIpc) is 2.23. The molecule has 0 saturated heterocycles. The molecule has 0 aliphatic carbocycles. The second-order valence-electron chi connectivity index (χ2n) is 3.03. The highest BCUT2D eigenvalue weighted by Gasteiger charge is 2.26. The highest BCUT2D eigenvalue weighted by molar-refractivity contribution is 7.99. The van der Waals surface area contributed by atoms with Crippen LogP contribution in [0.2, 0.25) is 0 Å². The molecule has 0 aromatic heterocycles. The molecule has 0 amide bonds. The SMILES string of the molecule is C=N/C=C(\C=N/COC)CSCCC(F)(F)F. The first kappa shape index (κ1) is 16.2. The summed E-state index contributed by atoms with van der Waals surface area (Å²) in [6.07, 6.45) is -1.89. The van der Waals surface area contributed by atoms with Crippen LogP contribution in [0.5, 0.6) is 0 Å². The molecular weight excluding hydrogens is 253 g/mol. The molecule has 0 bridgehead atoms. The number of hydrogen-bond donors (Lipinski definition) is 0. The minimum Gasteiger partial charge on any atom is -0.363 e. The number of nitrogens with zero attached hydrogens (tertiary/aromatic N) is 2. The molecule has 3 nitrogen and oxygen atoms in total. The van der Waals surface area contributed by atoms with Gasteiger partial charge in [0.2, 0.25) is 0 Å². The van der Waals surface area contributed by atoms with Crippen molar-refractivity contribution in [3.8, 4) is 0 Å². The van der Waals surface area contributed by atoms with E-state index in [4.69, 9.17) is 4.74 Å². The number of methoxy groups -OCH3 is 1. The van der Waals surface area contributed by atoms with Gasteiger partial charge in [0.15, 0.2) is 0 Å². The van der Waals surface area contributed by atoms with Crippen LogP contribution in [0.15, 0.2) is 21.8 Å². The van der Waals surface area contributed by atoms with Gasteiger partial charge in [-0.2, -0.15) is 24.9 Å². The van der Waals surface area contributed by atoms with Gasteiger partial charge in [-0.05, 0) is 12.3 Å². The minimum atomic E-state index is -4.10. The summed E-state index contributed by atoms with van der Waals surface area (Å²) in [6.45, 7) is 3.50. The average molecular weight is 268 g/mol. The van der Waals surface area contributed by atoms with Gasteiger partial charge in [0.05, 0.1) is 6.42 Å². The number of rotatable bonds is 8. The van der Waals surface area contributed by atoms with Crippen LogP contribution in [0, 0.1) is 0 Å². The summed E-state index contributed by atoms with van der Waals surface area (Å²) in [6, 6.07) is 0. The van der Waals surface area contributed by atoms with Gasteiger partial charge in [0.1, 0.15) is 6.73 Å². The van der Waals surface area contributed by atoms with E-state index in [2.05, 4.69) is 16.7 Å². The van der Waals surface area contributed by atoms with E-state index in [0.29, 0.717) is 11.3 Å². The van der Waals surface area contributed by atoms with Crippen LogP contribution >= 0.6 is 11.8 Å². The zero-order valence-corrected chi connectivity index (χ0v) is 10.4. The largest absolute Gasteiger partial charge is 0.389 e. The van der Waals surface area contributed by atoms with Gasteiger partial charge in [-0.1, -0.05) is 0 Å². The van der Waals surface area contributed by atoms with Crippen molar-refractivity contribution in [1.29, 1.82) is 0 Å². The fourth-order valence-corrected chi connectivity index (χ4v) is 1.74. The number of ether oxygens (including phenoxy) is 1. The molecule has 0 aromatic rings. The zero-order chi connectivity index (χ0) is 13.1. The zero-order valence-electron chi connectivity index (χ0n) is 9.54. The number of thioether (sulfide) groups is 1. The Hall–Kier alpha value is -0.820. The monoisotopic (exact) mass is 268 g/mol. The van der Waals surface area contributed by atoms with Crippen molar-refractivity contribution in [2.45, 2.75) is 12.6 Å². The number of hydrogen-bond acceptors (Lipinski definition) is 4. The summed E-state index contributed by atoms with van der Waals surface area (Å²) in [5.41, 5.74) is 0.712. The second-order valence-corrected chi connectivity index (χ2v) is 4.14. The van der Waals surface area contributed by atoms with Crippen molar-refractivity contribution in [2.24, 2.45) is 9.98 Å². The minimum absolute atomic E-state index is 0.0239. The third kappa shape index (κ3) is 11.4. The number of aliphatic imine (C=N–C) groups is 2. The third-order valence-electron chi connectivity index (χ3n) is 1.52. The smallest absolute Gasteiger partial charge is 0.363 e. The van der Waals surface area contributed by atoms with Gasteiger partial charge >= 0.3 is 6.18 Å². The maximum absolute atomic E-state index is 11.9. The maximum atomic E-state index is 11.9. The Morgan fingerprint density at radius 2 is 2.18 bits per heavy atom. The third-order valence-corrected chi connectivity index (χ3v) is 2.55. The van der Waals surface area contributed by atoms with Crippen LogP contribution in [0.3, 0.4) is 0 Å². The molecule has 0 aliphatic heterocycles. The van der Waals surface area contributed by atoms with Crippen molar-refractivity contribution in [3.63, 3.8) is 0 Å². The van der Waals surface area contributed by atoms with E-state index in [0.717, 1.165) is 0 Å². The fourth-order valence-electron chi connectivity index (χ4n) is 0.832. The lowest BCUT2D eigenvalue weighted by Gasteiger charge is -2.05. The van der Waals surface area contributed by atoms with E-state index in [1.807, 2.05) is 0 Å². The van der Waals surface area contributed by atoms with Crippen molar-refractivity contribution in [3.05, 3.63) is 11.8 Å². The van der Waals surface area contributed by atoms with Crippen LogP contribution < -0.4 is 0 Å². The highest BCUT2D eigenvalue weighted by Crippen LogP contribution is 2.22. The van der Waals surface area contributed by atoms with E-state index in [1.54, 1.807) is 0 Å². The summed E-state index contributed by atoms with van der Waals surface area (Å²) in [7, 11) is 1.50. The lowest BCUT2D eigenvalue weighted by molar-refractivity contribution is -0.129. The van der Waals surface area contributed by atoms with Crippen LogP contribution in [-0.4, -0.2) is 44.5 Å². The predicted octanol–water partition coefficient (Wildman–Crippen LogP) is 2.93. The Kier molecular flexibility index (Phi) is 8.79. The molecule has 0 aromatic carbocycles. The second kappa shape index (κ2) is 9.23. The van der Waals surface area contributed by atoms with Crippen LogP contribution in [0.25, 0.3) is 0 Å². The van der Waals surface area contributed by atoms with Gasteiger partial charge in [0, 0.05) is 31.0 Å². The summed E-state index contributed by atoms with van der Waals surface area (Å²) >= 11 is 1.18. The molecule has 0 saturated carbocycles. The van der Waals surface area contributed by atoms with Gasteiger partial charge in [-0.25, -0.2) is 0 Å². The summed E-state index contributed by atoms with van der Waals surface area (Å²) in [5.74, 6) is 0.443. The van der Waals surface area contributed by atoms with E-state index in [1.165, 1.54) is 31.3 Å². The molecule has 7 heteroatoms. The molecular formula is C10H15F3N2OS. The Labute approximate surface area is 103 Å². The molecule has 0 radical (unpaired) electrons. The molecule has 0 heterocycles. The first-order valence-corrected chi connectivity index (χ1v) is 5.93. The molecule has 0 spiro atoms. The Morgan fingerprint density at radius 1 is 1.47 bits per heavy atom. The fraction of sp³-hybridized carbons (Fsp3) is 0.600. The molecule has 98 valence electrons. The molecule has 0 atom stereocenters. The van der Waals surface area contributed by atoms with Crippen molar-refractivity contribution in [1.82, 2.24) is 0 Å². The van der Waals surface area contributed by atoms with Crippen LogP contribution in [0.1, 0.15) is 6.42 Å². The lowest BCUT2D eigenvalue weighted by atomic mass is 10.4. The Balaban J connectivity index is 3.94. The lowest BCUT2D eigenvalue weighted by Crippen LogP contribution is -2.08. The molecule has 0 unspecified atom stereocenters. The van der Waals surface area contributed by atoms with E-state index in [-0.39, 0.29) is 12.5 Å². The van der Waals surface area contributed by atoms with E-state index >= 15 is 0 Å². The van der Waals surface area contributed by atoms with Gasteiger partial charge in [-0.15, -0.1) is 0 Å². The molecule has 17 heavy (non-hydrogen) atoms. The first-order valence-electron chi connectivity index (χ1n) is 4.77. The summed E-state index contributed by atoms with van der Waals surface area (Å²) in [4.78, 5) is 7.46. The standard InChI is InChI=1S/C10H15F3N2OS/c1-14-5-9(6-15-8-16-2)7-17-4-3-10(11,12)13/h5-6H,1,3-4,7-8H2,2H3/b9-5+,15-6-. The van der Waals surface area contributed by atoms with E-state index < -0.39 is 12.6 Å². The molecule has 0 rings (SSSR count). The van der Waals surface area contributed by atoms with E-state index in [9.17, 15) is 13.2 Å². The summed E-state index contributed by atoms with van der Waals surface area (Å²) in [5, 5.41) is 0. The topological polar surface area (TPSA) is 34.0 Å². The number of alkyl halides is 3. The normalized spacial score (nSPS) is 13.3. The number of halogens is 3. The molecule has 0 aliphatic rings. The quantitative estimate of drug-likeness (QED) is 0.501. The maximum Gasteiger partial charge on any atom is 0.389 e. The van der Waals surface area contributed by atoms with Gasteiger partial charge < -0.3 is 4.74 Å². The molecule has 0 fully saturated rings. The predicted molar refractivity (Wildman–Crippen MR) is 66.0 cm³/mol. The van der Waals surface area contributed by atoms with Gasteiger partial charge in [-0.3, -0.25) is 9.98 Å². The van der Waals surface area contributed by atoms with Crippen molar-refractivity contribution < 1.29 is 17.9 Å². The van der Waals surface area contributed by atoms with Crippen molar-refractivity contribution in [2.75, 3.05) is 25.3 Å². The van der Waals surface area contributed by atoms with Gasteiger partial charge in [0.25, 0.3) is 0 Å². The van der Waals surface area contributed by atoms with Crippen LogP contribution in [0.4, 0.5) is 13.2 Å². The molecule has 0 N–H and O–H groups in total. The first-order chi connectivity index (χ1) is 7.99. The van der Waals surface area contributed by atoms with Crippen LogP contribution in [-0.2, 0) is 4.74 Å². The highest BCUT2D eigenvalue weighted by atomic mass is 32.2. The Bertz CT molecular complexity index is 277. The Morgan fingerprint density at radius 3 is 2.71 bits per heavy atom. The van der Waals surface area contributed by atoms with Crippen molar-refractivity contribution >= 4 is 24.7 Å². The summed E-state index contributed by atoms with van der Waals surface area (Å²) < 4.78 is 40.3.